The zero-order valence-corrected chi connectivity index (χ0v) is 15.1. The number of rotatable bonds is 9. The van der Waals surface area contributed by atoms with Crippen molar-refractivity contribution in [2.75, 3.05) is 24.4 Å². The summed E-state index contributed by atoms with van der Waals surface area (Å²) >= 11 is 0. The maximum absolute atomic E-state index is 11.9. The summed E-state index contributed by atoms with van der Waals surface area (Å²) in [5.74, 6) is -0.656. The molecule has 7 nitrogen and oxygen atoms in total. The van der Waals surface area contributed by atoms with Gasteiger partial charge in [0.05, 0.1) is 12.8 Å². The number of nitrogens with one attached hydrogen (secondary N) is 2. The van der Waals surface area contributed by atoms with Crippen LogP contribution in [0.4, 0.5) is 11.4 Å². The van der Waals surface area contributed by atoms with Crippen molar-refractivity contribution in [2.24, 2.45) is 0 Å². The second kappa shape index (κ2) is 10.6. The molecule has 27 heavy (non-hydrogen) atoms. The minimum atomic E-state index is -0.530. The fourth-order valence-electron chi connectivity index (χ4n) is 2.29. The molecule has 0 atom stereocenters. The summed E-state index contributed by atoms with van der Waals surface area (Å²) in [7, 11) is 1.50. The highest BCUT2D eigenvalue weighted by atomic mass is 16.5. The zero-order valence-electron chi connectivity index (χ0n) is 15.1. The Kier molecular flexibility index (Phi) is 7.84. The molecule has 0 aliphatic rings. The summed E-state index contributed by atoms with van der Waals surface area (Å²) in [6.07, 6.45) is 0.590. The molecule has 0 fully saturated rings. The third kappa shape index (κ3) is 7.19. The first kappa shape index (κ1) is 20.0. The van der Waals surface area contributed by atoms with Gasteiger partial charge in [-0.3, -0.25) is 14.4 Å². The van der Waals surface area contributed by atoms with Gasteiger partial charge in [-0.25, -0.2) is 0 Å². The molecule has 7 heteroatoms. The first-order valence-electron chi connectivity index (χ1n) is 8.52. The van der Waals surface area contributed by atoms with Crippen LogP contribution in [0.3, 0.4) is 0 Å². The Morgan fingerprint density at radius 2 is 1.56 bits per heavy atom. The second-order valence-corrected chi connectivity index (χ2v) is 5.68. The van der Waals surface area contributed by atoms with Crippen LogP contribution in [0.5, 0.6) is 5.75 Å². The Labute approximate surface area is 157 Å². The Balaban J connectivity index is 1.64. The Hall–Kier alpha value is -3.35. The van der Waals surface area contributed by atoms with E-state index in [1.165, 1.54) is 7.11 Å². The first-order valence-corrected chi connectivity index (χ1v) is 8.52. The van der Waals surface area contributed by atoms with Crippen LogP contribution >= 0.6 is 0 Å². The van der Waals surface area contributed by atoms with Crippen LogP contribution in [0.25, 0.3) is 0 Å². The van der Waals surface area contributed by atoms with Crippen molar-refractivity contribution in [1.29, 1.82) is 0 Å². The van der Waals surface area contributed by atoms with Crippen LogP contribution in [0.2, 0.25) is 0 Å². The maximum atomic E-state index is 11.9. The van der Waals surface area contributed by atoms with Crippen LogP contribution < -0.4 is 15.4 Å². The van der Waals surface area contributed by atoms with Crippen molar-refractivity contribution >= 4 is 29.2 Å². The SMILES string of the molecule is COc1ccccc1NC(=O)COC(=O)CCCC(=O)Nc1ccccc1. The number of esters is 1. The van der Waals surface area contributed by atoms with Gasteiger partial charge in [0.15, 0.2) is 6.61 Å². The minimum Gasteiger partial charge on any atom is -0.495 e. The molecule has 0 spiro atoms. The number of methoxy groups -OCH3 is 1. The molecule has 0 saturated heterocycles. The first-order chi connectivity index (χ1) is 13.1. The number of benzene rings is 2. The lowest BCUT2D eigenvalue weighted by Crippen LogP contribution is -2.21. The van der Waals surface area contributed by atoms with E-state index in [0.717, 1.165) is 0 Å². The van der Waals surface area contributed by atoms with Gasteiger partial charge in [-0.15, -0.1) is 0 Å². The summed E-state index contributed by atoms with van der Waals surface area (Å²) in [6, 6.07) is 16.0. The van der Waals surface area contributed by atoms with Gasteiger partial charge in [0, 0.05) is 18.5 Å². The summed E-state index contributed by atoms with van der Waals surface area (Å²) < 4.78 is 10.1. The van der Waals surface area contributed by atoms with Gasteiger partial charge >= 0.3 is 5.97 Å². The molecule has 2 aromatic rings. The minimum absolute atomic E-state index is 0.0597. The van der Waals surface area contributed by atoms with Crippen LogP contribution in [0.15, 0.2) is 54.6 Å². The number of carbonyl (C=O) groups excluding carboxylic acids is 3. The molecule has 0 unspecified atom stereocenters. The molecule has 0 bridgehead atoms. The lowest BCUT2D eigenvalue weighted by atomic mass is 10.2. The lowest BCUT2D eigenvalue weighted by molar-refractivity contribution is -0.147. The van der Waals surface area contributed by atoms with Crippen molar-refractivity contribution in [1.82, 2.24) is 0 Å². The fraction of sp³-hybridized carbons (Fsp3) is 0.250. The molecule has 2 N–H and O–H groups in total. The molecule has 0 aliphatic heterocycles. The van der Waals surface area contributed by atoms with E-state index in [0.29, 0.717) is 23.5 Å². The van der Waals surface area contributed by atoms with E-state index in [9.17, 15) is 14.4 Å². The number of carbonyl (C=O) groups is 3. The number of hydrogen-bond donors (Lipinski definition) is 2. The molecule has 2 rings (SSSR count). The van der Waals surface area contributed by atoms with Gasteiger partial charge in [0.1, 0.15) is 5.75 Å². The number of amides is 2. The molecule has 142 valence electrons. The normalized spacial score (nSPS) is 9.96. The average Bonchev–Trinajstić information content (AvgIpc) is 2.67. The highest BCUT2D eigenvalue weighted by Gasteiger charge is 2.11. The molecular weight excluding hydrogens is 348 g/mol. The number of para-hydroxylation sites is 3. The monoisotopic (exact) mass is 370 g/mol. The predicted molar refractivity (Wildman–Crippen MR) is 102 cm³/mol. The standard InChI is InChI=1S/C20H22N2O5/c1-26-17-11-6-5-10-16(17)22-19(24)14-27-20(25)13-7-12-18(23)21-15-8-3-2-4-9-15/h2-6,8-11H,7,12-14H2,1H3,(H,21,23)(H,22,24). The summed E-state index contributed by atoms with van der Waals surface area (Å²) in [4.78, 5) is 35.4. The third-order valence-corrected chi connectivity index (χ3v) is 3.59. The maximum Gasteiger partial charge on any atom is 0.306 e. The highest BCUT2D eigenvalue weighted by Crippen LogP contribution is 2.22. The van der Waals surface area contributed by atoms with Gasteiger partial charge in [-0.1, -0.05) is 30.3 Å². The Morgan fingerprint density at radius 1 is 0.852 bits per heavy atom. The average molecular weight is 370 g/mol. The smallest absolute Gasteiger partial charge is 0.306 e. The van der Waals surface area contributed by atoms with E-state index in [1.807, 2.05) is 18.2 Å². The molecule has 0 heterocycles. The number of ether oxygens (including phenoxy) is 2. The molecular formula is C20H22N2O5. The van der Waals surface area contributed by atoms with Gasteiger partial charge in [-0.2, -0.15) is 0 Å². The van der Waals surface area contributed by atoms with Crippen LogP contribution in [-0.2, 0) is 19.1 Å². The van der Waals surface area contributed by atoms with Crippen molar-refractivity contribution in [3.05, 3.63) is 54.6 Å². The van der Waals surface area contributed by atoms with Gasteiger partial charge in [0.25, 0.3) is 5.91 Å². The van der Waals surface area contributed by atoms with Crippen LogP contribution in [0.1, 0.15) is 19.3 Å². The van der Waals surface area contributed by atoms with Gasteiger partial charge < -0.3 is 20.1 Å². The summed E-state index contributed by atoms with van der Waals surface area (Å²) in [6.45, 7) is -0.396. The largest absolute Gasteiger partial charge is 0.495 e. The van der Waals surface area contributed by atoms with E-state index < -0.39 is 18.5 Å². The molecule has 0 aromatic heterocycles. The fourth-order valence-corrected chi connectivity index (χ4v) is 2.29. The van der Waals surface area contributed by atoms with Crippen molar-refractivity contribution in [3.63, 3.8) is 0 Å². The molecule has 2 amide bonds. The van der Waals surface area contributed by atoms with Gasteiger partial charge in [-0.05, 0) is 30.7 Å². The van der Waals surface area contributed by atoms with E-state index in [1.54, 1.807) is 36.4 Å². The molecule has 2 aromatic carbocycles. The number of hydrogen-bond acceptors (Lipinski definition) is 5. The zero-order chi connectivity index (χ0) is 19.5. The quantitative estimate of drug-likeness (QED) is 0.662. The predicted octanol–water partition coefficient (Wildman–Crippen LogP) is 2.99. The van der Waals surface area contributed by atoms with E-state index >= 15 is 0 Å². The lowest BCUT2D eigenvalue weighted by Gasteiger charge is -2.10. The Bertz CT molecular complexity index is 777. The third-order valence-electron chi connectivity index (χ3n) is 3.59. The highest BCUT2D eigenvalue weighted by molar-refractivity contribution is 5.94. The second-order valence-electron chi connectivity index (χ2n) is 5.68. The van der Waals surface area contributed by atoms with E-state index in [4.69, 9.17) is 9.47 Å². The van der Waals surface area contributed by atoms with Gasteiger partial charge in [0.2, 0.25) is 5.91 Å². The van der Waals surface area contributed by atoms with E-state index in [2.05, 4.69) is 10.6 Å². The summed E-state index contributed by atoms with van der Waals surface area (Å²) in [5.41, 5.74) is 1.21. The van der Waals surface area contributed by atoms with Crippen LogP contribution in [0, 0.1) is 0 Å². The van der Waals surface area contributed by atoms with E-state index in [-0.39, 0.29) is 18.7 Å². The molecule has 0 aliphatic carbocycles. The van der Waals surface area contributed by atoms with Crippen LogP contribution in [-0.4, -0.2) is 31.5 Å². The topological polar surface area (TPSA) is 93.7 Å². The molecule has 0 radical (unpaired) electrons. The summed E-state index contributed by atoms with van der Waals surface area (Å²) in [5, 5.41) is 5.35. The Morgan fingerprint density at radius 3 is 2.30 bits per heavy atom. The number of anilines is 2. The van der Waals surface area contributed by atoms with Crippen molar-refractivity contribution < 1.29 is 23.9 Å². The van der Waals surface area contributed by atoms with Crippen molar-refractivity contribution in [2.45, 2.75) is 19.3 Å². The molecule has 0 saturated carbocycles. The van der Waals surface area contributed by atoms with Crippen molar-refractivity contribution in [3.8, 4) is 5.75 Å².